The summed E-state index contributed by atoms with van der Waals surface area (Å²) in [5.41, 5.74) is 3.25. The number of aromatic nitrogens is 2. The largest absolute Gasteiger partial charge is 0.496 e. The van der Waals surface area contributed by atoms with Crippen LogP contribution in [0.1, 0.15) is 16.8 Å². The number of rotatable bonds is 7. The number of aryl methyl sites for hydroxylation is 1. The van der Waals surface area contributed by atoms with Crippen LogP contribution in [0.4, 0.5) is 0 Å². The van der Waals surface area contributed by atoms with Gasteiger partial charge in [0.1, 0.15) is 18.0 Å². The molecule has 3 rings (SSSR count). The van der Waals surface area contributed by atoms with E-state index in [0.29, 0.717) is 28.5 Å². The van der Waals surface area contributed by atoms with Crippen molar-refractivity contribution in [3.05, 3.63) is 59.6 Å². The van der Waals surface area contributed by atoms with Crippen molar-refractivity contribution >= 4 is 17.7 Å². The number of pyridine rings is 1. The highest BCUT2D eigenvalue weighted by Crippen LogP contribution is 2.35. The first kappa shape index (κ1) is 19.3. The fourth-order valence-electron chi connectivity index (χ4n) is 2.81. The van der Waals surface area contributed by atoms with Crippen LogP contribution in [0.2, 0.25) is 0 Å². The van der Waals surface area contributed by atoms with Crippen LogP contribution in [-0.2, 0) is 16.1 Å². The second kappa shape index (κ2) is 8.47. The number of esters is 1. The number of carbonyl (C=O) groups excluding carboxylic acids is 1. The van der Waals surface area contributed by atoms with Crippen molar-refractivity contribution in [2.24, 2.45) is 0 Å². The lowest BCUT2D eigenvalue weighted by molar-refractivity contribution is -0.139. The second-order valence-corrected chi connectivity index (χ2v) is 6.04. The smallest absolute Gasteiger partial charge is 0.331 e. The van der Waals surface area contributed by atoms with Gasteiger partial charge in [0.2, 0.25) is 0 Å². The lowest BCUT2D eigenvalue weighted by Gasteiger charge is -2.12. The number of hydrogen-bond donors (Lipinski definition) is 0. The van der Waals surface area contributed by atoms with Crippen LogP contribution in [-0.4, -0.2) is 36.7 Å². The molecule has 1 aromatic carbocycles. The first-order valence-electron chi connectivity index (χ1n) is 8.63. The van der Waals surface area contributed by atoms with Gasteiger partial charge in [-0.2, -0.15) is 0 Å². The Morgan fingerprint density at radius 3 is 2.50 bits per heavy atom. The summed E-state index contributed by atoms with van der Waals surface area (Å²) in [6.07, 6.45) is 6.70. The van der Waals surface area contributed by atoms with Gasteiger partial charge in [0.15, 0.2) is 11.5 Å². The number of imidazole rings is 1. The average molecular weight is 382 g/mol. The molecule has 146 valence electrons. The fraction of sp³-hybridized carbons (Fsp3) is 0.238. The molecule has 0 atom stereocenters. The molecule has 0 saturated carbocycles. The Morgan fingerprint density at radius 1 is 1.11 bits per heavy atom. The molecular weight excluding hydrogens is 360 g/mol. The van der Waals surface area contributed by atoms with E-state index in [0.717, 1.165) is 11.2 Å². The zero-order chi connectivity index (χ0) is 20.1. The third-order valence-corrected chi connectivity index (χ3v) is 4.22. The van der Waals surface area contributed by atoms with Crippen molar-refractivity contribution in [1.82, 2.24) is 9.38 Å². The molecule has 0 aliphatic rings. The molecular formula is C21H22N2O5. The summed E-state index contributed by atoms with van der Waals surface area (Å²) in [4.78, 5) is 16.6. The van der Waals surface area contributed by atoms with Crippen LogP contribution in [0.3, 0.4) is 0 Å². The monoisotopic (exact) mass is 382 g/mol. The number of nitrogens with zero attached hydrogens (tertiary/aromatic N) is 2. The number of fused-ring (bicyclic) bond motifs is 1. The maximum absolute atomic E-state index is 12.1. The Morgan fingerprint density at radius 2 is 1.82 bits per heavy atom. The minimum atomic E-state index is -0.481. The predicted molar refractivity (Wildman–Crippen MR) is 105 cm³/mol. The minimum Gasteiger partial charge on any atom is -0.496 e. The Balaban J connectivity index is 1.70. The van der Waals surface area contributed by atoms with Gasteiger partial charge < -0.3 is 23.3 Å². The molecule has 2 heterocycles. The maximum atomic E-state index is 12.1. The number of hydrogen-bond acceptors (Lipinski definition) is 6. The van der Waals surface area contributed by atoms with Gasteiger partial charge in [-0.05, 0) is 30.7 Å². The van der Waals surface area contributed by atoms with Gasteiger partial charge in [-0.25, -0.2) is 9.78 Å². The van der Waals surface area contributed by atoms with E-state index in [9.17, 15) is 4.79 Å². The molecule has 0 aliphatic carbocycles. The topological polar surface area (TPSA) is 71.3 Å². The Bertz CT molecular complexity index is 1020. The van der Waals surface area contributed by atoms with Gasteiger partial charge in [-0.1, -0.05) is 6.07 Å². The molecule has 2 aromatic heterocycles. The van der Waals surface area contributed by atoms with Crippen molar-refractivity contribution in [2.45, 2.75) is 13.5 Å². The summed E-state index contributed by atoms with van der Waals surface area (Å²) < 4.78 is 23.1. The van der Waals surface area contributed by atoms with Crippen LogP contribution in [0, 0.1) is 6.92 Å². The molecule has 7 heteroatoms. The standard InChI is InChI=1S/C21H22N2O5/c1-14-6-5-9-23-12-16(22-21(14)23)13-28-20(24)8-7-15-10-18(26-3)19(27-4)11-17(15)25-2/h5-12H,13H2,1-4H3/b8-7+. The lowest BCUT2D eigenvalue weighted by Crippen LogP contribution is -2.01. The van der Waals surface area contributed by atoms with E-state index in [2.05, 4.69) is 4.98 Å². The van der Waals surface area contributed by atoms with Crippen LogP contribution in [0.25, 0.3) is 11.7 Å². The van der Waals surface area contributed by atoms with Crippen molar-refractivity contribution in [3.63, 3.8) is 0 Å². The second-order valence-electron chi connectivity index (χ2n) is 6.04. The van der Waals surface area contributed by atoms with Gasteiger partial charge in [0.05, 0.1) is 27.0 Å². The predicted octanol–water partition coefficient (Wildman–Crippen LogP) is 3.43. The van der Waals surface area contributed by atoms with E-state index in [-0.39, 0.29) is 6.61 Å². The Hall–Kier alpha value is -3.48. The van der Waals surface area contributed by atoms with Gasteiger partial charge in [0, 0.05) is 30.1 Å². The average Bonchev–Trinajstić information content (AvgIpc) is 3.14. The highest BCUT2D eigenvalue weighted by Gasteiger charge is 2.11. The highest BCUT2D eigenvalue weighted by atomic mass is 16.5. The molecule has 3 aromatic rings. The first-order valence-corrected chi connectivity index (χ1v) is 8.63. The summed E-state index contributed by atoms with van der Waals surface area (Å²) in [5, 5.41) is 0. The normalized spacial score (nSPS) is 11.0. The van der Waals surface area contributed by atoms with E-state index < -0.39 is 5.97 Å². The number of carbonyl (C=O) groups is 1. The molecule has 0 aliphatic heterocycles. The van der Waals surface area contributed by atoms with Crippen molar-refractivity contribution in [3.8, 4) is 17.2 Å². The first-order chi connectivity index (χ1) is 13.5. The van der Waals surface area contributed by atoms with Crippen molar-refractivity contribution in [2.75, 3.05) is 21.3 Å². The number of benzene rings is 1. The third kappa shape index (κ3) is 4.09. The molecule has 0 unspecified atom stereocenters. The van der Waals surface area contributed by atoms with Gasteiger partial charge >= 0.3 is 5.97 Å². The third-order valence-electron chi connectivity index (χ3n) is 4.22. The molecule has 0 radical (unpaired) electrons. The van der Waals surface area contributed by atoms with E-state index in [1.807, 2.05) is 35.9 Å². The summed E-state index contributed by atoms with van der Waals surface area (Å²) >= 11 is 0. The van der Waals surface area contributed by atoms with E-state index in [1.54, 1.807) is 39.5 Å². The molecule has 0 spiro atoms. The molecule has 7 nitrogen and oxygen atoms in total. The van der Waals surface area contributed by atoms with Crippen LogP contribution >= 0.6 is 0 Å². The van der Waals surface area contributed by atoms with Crippen molar-refractivity contribution in [1.29, 1.82) is 0 Å². The maximum Gasteiger partial charge on any atom is 0.331 e. The lowest BCUT2D eigenvalue weighted by atomic mass is 10.1. The molecule has 28 heavy (non-hydrogen) atoms. The van der Waals surface area contributed by atoms with Crippen LogP contribution in [0.15, 0.2) is 42.7 Å². The van der Waals surface area contributed by atoms with Gasteiger partial charge in [-0.15, -0.1) is 0 Å². The molecule has 0 N–H and O–H groups in total. The van der Waals surface area contributed by atoms with Gasteiger partial charge in [0.25, 0.3) is 0 Å². The van der Waals surface area contributed by atoms with E-state index in [4.69, 9.17) is 18.9 Å². The Labute approximate surface area is 163 Å². The summed E-state index contributed by atoms with van der Waals surface area (Å²) in [5.74, 6) is 1.15. The fourth-order valence-corrected chi connectivity index (χ4v) is 2.81. The number of ether oxygens (including phenoxy) is 4. The highest BCUT2D eigenvalue weighted by molar-refractivity contribution is 5.87. The van der Waals surface area contributed by atoms with E-state index >= 15 is 0 Å². The Kier molecular flexibility index (Phi) is 5.84. The van der Waals surface area contributed by atoms with E-state index in [1.165, 1.54) is 6.08 Å². The SMILES string of the molecule is COc1cc(OC)c(OC)cc1/C=C/C(=O)OCc1cn2cccc(C)c2n1. The van der Waals surface area contributed by atoms with Crippen molar-refractivity contribution < 1.29 is 23.7 Å². The zero-order valence-corrected chi connectivity index (χ0v) is 16.3. The molecule has 0 bridgehead atoms. The molecule has 0 fully saturated rings. The van der Waals surface area contributed by atoms with Crippen LogP contribution in [0.5, 0.6) is 17.2 Å². The molecule has 0 saturated heterocycles. The summed E-state index contributed by atoms with van der Waals surface area (Å²) in [7, 11) is 4.63. The summed E-state index contributed by atoms with van der Waals surface area (Å²) in [6.45, 7) is 2.07. The molecule has 0 amide bonds. The minimum absolute atomic E-state index is 0.0906. The number of methoxy groups -OCH3 is 3. The van der Waals surface area contributed by atoms with Gasteiger partial charge in [-0.3, -0.25) is 0 Å². The zero-order valence-electron chi connectivity index (χ0n) is 16.3. The quantitative estimate of drug-likeness (QED) is 0.461. The van der Waals surface area contributed by atoms with Crippen LogP contribution < -0.4 is 14.2 Å². The summed E-state index contributed by atoms with van der Waals surface area (Å²) in [6, 6.07) is 7.35.